The standard InChI is InChI=1S/C9H9N3S/c1-12-9(13)11-8-5-3-2-4-7(8)6-10-12/h2-6H,1H3,(H,11,13). The van der Waals surface area contributed by atoms with Crippen LogP contribution in [0.25, 0.3) is 0 Å². The Balaban J connectivity index is 2.46. The molecule has 1 aromatic carbocycles. The maximum Gasteiger partial charge on any atom is 0.193 e. The van der Waals surface area contributed by atoms with Crippen molar-refractivity contribution in [3.05, 3.63) is 29.8 Å². The molecule has 1 aliphatic rings. The molecule has 2 rings (SSSR count). The first-order valence-corrected chi connectivity index (χ1v) is 4.36. The van der Waals surface area contributed by atoms with E-state index in [-0.39, 0.29) is 0 Å². The minimum Gasteiger partial charge on any atom is -0.331 e. The number of para-hydroxylation sites is 1. The van der Waals surface area contributed by atoms with Gasteiger partial charge in [0, 0.05) is 18.3 Å². The van der Waals surface area contributed by atoms with Crippen LogP contribution in [-0.4, -0.2) is 23.4 Å². The molecule has 0 spiro atoms. The quantitative estimate of drug-likeness (QED) is 0.632. The third-order valence-corrected chi connectivity index (χ3v) is 2.23. The van der Waals surface area contributed by atoms with Crippen LogP contribution in [0, 0.1) is 0 Å². The summed E-state index contributed by atoms with van der Waals surface area (Å²) < 4.78 is 0. The zero-order valence-corrected chi connectivity index (χ0v) is 8.01. The van der Waals surface area contributed by atoms with Gasteiger partial charge in [-0.2, -0.15) is 5.10 Å². The van der Waals surface area contributed by atoms with Crippen LogP contribution < -0.4 is 5.32 Å². The Bertz CT molecular complexity index is 373. The summed E-state index contributed by atoms with van der Waals surface area (Å²) in [4.78, 5) is 0. The molecule has 1 aliphatic heterocycles. The number of thiocarbonyl (C=S) groups is 1. The third-order valence-electron chi connectivity index (χ3n) is 1.87. The summed E-state index contributed by atoms with van der Waals surface area (Å²) in [5.41, 5.74) is 2.05. The van der Waals surface area contributed by atoms with Crippen LogP contribution in [0.4, 0.5) is 5.69 Å². The maximum absolute atomic E-state index is 5.09. The predicted octanol–water partition coefficient (Wildman–Crippen LogP) is 1.66. The molecule has 66 valence electrons. The molecule has 0 radical (unpaired) electrons. The molecular weight excluding hydrogens is 182 g/mol. The van der Waals surface area contributed by atoms with Crippen molar-refractivity contribution < 1.29 is 0 Å². The second-order valence-electron chi connectivity index (χ2n) is 2.79. The largest absolute Gasteiger partial charge is 0.331 e. The third kappa shape index (κ3) is 1.53. The van der Waals surface area contributed by atoms with E-state index in [0.29, 0.717) is 5.11 Å². The van der Waals surface area contributed by atoms with Gasteiger partial charge in [-0.1, -0.05) is 18.2 Å². The fourth-order valence-electron chi connectivity index (χ4n) is 1.12. The van der Waals surface area contributed by atoms with Crippen molar-refractivity contribution in [2.75, 3.05) is 12.4 Å². The normalized spacial score (nSPS) is 14.8. The lowest BCUT2D eigenvalue weighted by Crippen LogP contribution is -2.25. The number of anilines is 1. The maximum atomic E-state index is 5.09. The van der Waals surface area contributed by atoms with E-state index < -0.39 is 0 Å². The Labute approximate surface area is 82.1 Å². The van der Waals surface area contributed by atoms with Crippen LogP contribution >= 0.6 is 12.2 Å². The van der Waals surface area contributed by atoms with Gasteiger partial charge in [0.15, 0.2) is 5.11 Å². The first-order chi connectivity index (χ1) is 6.27. The van der Waals surface area contributed by atoms with E-state index in [0.717, 1.165) is 11.3 Å². The number of fused-ring (bicyclic) bond motifs is 1. The van der Waals surface area contributed by atoms with Crippen molar-refractivity contribution in [3.63, 3.8) is 0 Å². The second kappa shape index (κ2) is 3.14. The molecule has 0 saturated heterocycles. The monoisotopic (exact) mass is 191 g/mol. The Hall–Kier alpha value is -1.42. The number of nitrogens with zero attached hydrogens (tertiary/aromatic N) is 2. The van der Waals surface area contributed by atoms with E-state index in [1.807, 2.05) is 31.3 Å². The Morgan fingerprint density at radius 1 is 1.38 bits per heavy atom. The lowest BCUT2D eigenvalue weighted by molar-refractivity contribution is 0.558. The van der Waals surface area contributed by atoms with Crippen LogP contribution in [0.3, 0.4) is 0 Å². The highest BCUT2D eigenvalue weighted by Crippen LogP contribution is 2.15. The molecule has 0 atom stereocenters. The van der Waals surface area contributed by atoms with Gasteiger partial charge in [-0.15, -0.1) is 0 Å². The fourth-order valence-corrected chi connectivity index (χ4v) is 1.28. The van der Waals surface area contributed by atoms with Crippen molar-refractivity contribution >= 4 is 29.2 Å². The summed E-state index contributed by atoms with van der Waals surface area (Å²) in [6.07, 6.45) is 1.79. The number of benzene rings is 1. The van der Waals surface area contributed by atoms with E-state index in [4.69, 9.17) is 12.2 Å². The summed E-state index contributed by atoms with van der Waals surface area (Å²) in [7, 11) is 1.82. The number of nitrogens with one attached hydrogen (secondary N) is 1. The lowest BCUT2D eigenvalue weighted by atomic mass is 10.2. The first kappa shape index (κ1) is 8.19. The van der Waals surface area contributed by atoms with Gasteiger partial charge in [0.25, 0.3) is 0 Å². The molecule has 1 heterocycles. The molecule has 0 bridgehead atoms. The van der Waals surface area contributed by atoms with Gasteiger partial charge in [-0.05, 0) is 18.3 Å². The Morgan fingerprint density at radius 2 is 2.15 bits per heavy atom. The predicted molar refractivity (Wildman–Crippen MR) is 58.0 cm³/mol. The summed E-state index contributed by atoms with van der Waals surface area (Å²) in [6.45, 7) is 0. The van der Waals surface area contributed by atoms with Crippen molar-refractivity contribution in [1.82, 2.24) is 5.01 Å². The highest BCUT2D eigenvalue weighted by atomic mass is 32.1. The van der Waals surface area contributed by atoms with E-state index in [2.05, 4.69) is 10.4 Å². The molecule has 0 fully saturated rings. The first-order valence-electron chi connectivity index (χ1n) is 3.95. The Kier molecular flexibility index (Phi) is 1.98. The number of hydrogen-bond acceptors (Lipinski definition) is 2. The van der Waals surface area contributed by atoms with Crippen molar-refractivity contribution in [2.45, 2.75) is 0 Å². The smallest absolute Gasteiger partial charge is 0.193 e. The van der Waals surface area contributed by atoms with Crippen LogP contribution in [-0.2, 0) is 0 Å². The van der Waals surface area contributed by atoms with E-state index in [1.165, 1.54) is 0 Å². The van der Waals surface area contributed by atoms with Gasteiger partial charge in [-0.25, -0.2) is 5.01 Å². The van der Waals surface area contributed by atoms with Crippen molar-refractivity contribution in [2.24, 2.45) is 5.10 Å². The molecule has 4 heteroatoms. The zero-order chi connectivity index (χ0) is 9.26. The molecule has 0 aliphatic carbocycles. The number of hydrogen-bond donors (Lipinski definition) is 1. The molecule has 0 unspecified atom stereocenters. The van der Waals surface area contributed by atoms with E-state index in [1.54, 1.807) is 11.2 Å². The fraction of sp³-hybridized carbons (Fsp3) is 0.111. The summed E-state index contributed by atoms with van der Waals surface area (Å²) >= 11 is 5.09. The van der Waals surface area contributed by atoms with Crippen LogP contribution in [0.15, 0.2) is 29.4 Å². The molecule has 0 aromatic heterocycles. The highest BCUT2D eigenvalue weighted by molar-refractivity contribution is 7.80. The average molecular weight is 191 g/mol. The second-order valence-corrected chi connectivity index (χ2v) is 3.17. The summed E-state index contributed by atoms with van der Waals surface area (Å²) in [6, 6.07) is 7.91. The SMILES string of the molecule is CN1N=Cc2ccccc2NC1=S. The highest BCUT2D eigenvalue weighted by Gasteiger charge is 2.08. The van der Waals surface area contributed by atoms with Gasteiger partial charge in [-0.3, -0.25) is 0 Å². The molecule has 3 nitrogen and oxygen atoms in total. The lowest BCUT2D eigenvalue weighted by Gasteiger charge is -2.12. The van der Waals surface area contributed by atoms with Crippen molar-refractivity contribution in [3.8, 4) is 0 Å². The van der Waals surface area contributed by atoms with E-state index in [9.17, 15) is 0 Å². The van der Waals surface area contributed by atoms with E-state index >= 15 is 0 Å². The molecule has 13 heavy (non-hydrogen) atoms. The molecule has 0 saturated carbocycles. The van der Waals surface area contributed by atoms with Gasteiger partial charge < -0.3 is 5.32 Å². The summed E-state index contributed by atoms with van der Waals surface area (Å²) in [5, 5.41) is 9.50. The van der Waals surface area contributed by atoms with Crippen LogP contribution in [0.2, 0.25) is 0 Å². The van der Waals surface area contributed by atoms with Gasteiger partial charge in [0.2, 0.25) is 0 Å². The minimum absolute atomic E-state index is 0.612. The topological polar surface area (TPSA) is 27.6 Å². The molecule has 0 amide bonds. The van der Waals surface area contributed by atoms with Gasteiger partial charge >= 0.3 is 0 Å². The minimum atomic E-state index is 0.612. The van der Waals surface area contributed by atoms with Gasteiger partial charge in [0.05, 0.1) is 6.21 Å². The molecular formula is C9H9N3S. The number of rotatable bonds is 0. The summed E-state index contributed by atoms with van der Waals surface area (Å²) in [5.74, 6) is 0. The molecule has 1 N–H and O–H groups in total. The molecule has 1 aromatic rings. The van der Waals surface area contributed by atoms with Crippen molar-refractivity contribution in [1.29, 1.82) is 0 Å². The zero-order valence-electron chi connectivity index (χ0n) is 7.19. The van der Waals surface area contributed by atoms with Crippen LogP contribution in [0.1, 0.15) is 5.56 Å². The average Bonchev–Trinajstić information content (AvgIpc) is 2.28. The van der Waals surface area contributed by atoms with Crippen LogP contribution in [0.5, 0.6) is 0 Å². The number of hydrazone groups is 1. The van der Waals surface area contributed by atoms with Gasteiger partial charge in [0.1, 0.15) is 0 Å². The Morgan fingerprint density at radius 3 is 3.00 bits per heavy atom.